The van der Waals surface area contributed by atoms with E-state index >= 15 is 0 Å². The molecule has 1 aromatic rings. The summed E-state index contributed by atoms with van der Waals surface area (Å²) >= 11 is 0. The van der Waals surface area contributed by atoms with Crippen LogP contribution in [0.3, 0.4) is 0 Å². The molecular weight excluding hydrogens is 446 g/mol. The molecule has 2 atom stereocenters. The topological polar surface area (TPSA) is 69.4 Å². The lowest BCUT2D eigenvalue weighted by molar-refractivity contribution is -0.176. The van der Waals surface area contributed by atoms with E-state index in [1.54, 1.807) is 19.2 Å². The Bertz CT molecular complexity index is 701. The fourth-order valence-electron chi connectivity index (χ4n) is 3.12. The zero-order valence-electron chi connectivity index (χ0n) is 16.0. The molecule has 7 heteroatoms. The highest BCUT2D eigenvalue weighted by molar-refractivity contribution is 14.0. The molecule has 144 valence electrons. The Labute approximate surface area is 172 Å². The molecule has 26 heavy (non-hydrogen) atoms. The molecule has 2 rings (SSSR count). The van der Waals surface area contributed by atoms with Crippen LogP contribution in [-0.4, -0.2) is 31.3 Å². The van der Waals surface area contributed by atoms with Gasteiger partial charge in [0.05, 0.1) is 23.8 Å². The summed E-state index contributed by atoms with van der Waals surface area (Å²) in [6.07, 6.45) is 0.881. The number of guanidine groups is 1. The van der Waals surface area contributed by atoms with Gasteiger partial charge >= 0.3 is 0 Å². The Morgan fingerprint density at radius 3 is 2.62 bits per heavy atom. The Morgan fingerprint density at radius 2 is 2.12 bits per heavy atom. The molecule has 0 heterocycles. The maximum atomic E-state index is 14.0. The van der Waals surface area contributed by atoms with Crippen molar-refractivity contribution < 1.29 is 9.13 Å². The second-order valence-electron chi connectivity index (χ2n) is 7.17. The van der Waals surface area contributed by atoms with Crippen molar-refractivity contribution in [3.63, 3.8) is 0 Å². The number of ether oxygens (including phenoxy) is 1. The molecule has 5 nitrogen and oxygen atoms in total. The number of rotatable bonds is 5. The second-order valence-corrected chi connectivity index (χ2v) is 7.17. The van der Waals surface area contributed by atoms with E-state index in [2.05, 4.69) is 36.4 Å². The van der Waals surface area contributed by atoms with E-state index in [1.165, 1.54) is 6.07 Å². The minimum Gasteiger partial charge on any atom is -0.378 e. The van der Waals surface area contributed by atoms with Crippen molar-refractivity contribution in [3.8, 4) is 6.07 Å². The van der Waals surface area contributed by atoms with Gasteiger partial charge in [-0.25, -0.2) is 9.38 Å². The molecule has 1 aliphatic carbocycles. The zero-order valence-corrected chi connectivity index (χ0v) is 18.3. The first kappa shape index (κ1) is 22.6. The van der Waals surface area contributed by atoms with Gasteiger partial charge < -0.3 is 15.4 Å². The highest BCUT2D eigenvalue weighted by atomic mass is 127. The molecule has 0 saturated heterocycles. The van der Waals surface area contributed by atoms with Crippen molar-refractivity contribution in [2.75, 3.05) is 13.7 Å². The van der Waals surface area contributed by atoms with E-state index in [0.717, 1.165) is 13.0 Å². The van der Waals surface area contributed by atoms with E-state index in [0.29, 0.717) is 17.1 Å². The first-order valence-corrected chi connectivity index (χ1v) is 8.56. The third kappa shape index (κ3) is 4.46. The minimum atomic E-state index is -0.408. The van der Waals surface area contributed by atoms with E-state index in [9.17, 15) is 4.39 Å². The Balaban J connectivity index is 0.00000338. The van der Waals surface area contributed by atoms with Crippen molar-refractivity contribution in [1.29, 1.82) is 5.26 Å². The number of hydrogen-bond acceptors (Lipinski definition) is 3. The van der Waals surface area contributed by atoms with E-state index in [1.807, 2.05) is 13.0 Å². The smallest absolute Gasteiger partial charge is 0.191 e. The molecular formula is C19H28FIN4O. The summed E-state index contributed by atoms with van der Waals surface area (Å²) < 4.78 is 19.7. The number of nitrogens with one attached hydrogen (secondary N) is 2. The number of methoxy groups -OCH3 is 1. The third-order valence-electron chi connectivity index (χ3n) is 5.52. The highest BCUT2D eigenvalue weighted by Crippen LogP contribution is 2.51. The monoisotopic (exact) mass is 474 g/mol. The molecule has 0 bridgehead atoms. The third-order valence-corrected chi connectivity index (χ3v) is 5.52. The molecule has 0 spiro atoms. The molecule has 2 N–H and O–H groups in total. The molecule has 0 amide bonds. The van der Waals surface area contributed by atoms with Crippen molar-refractivity contribution in [2.45, 2.75) is 52.3 Å². The summed E-state index contributed by atoms with van der Waals surface area (Å²) in [5, 5.41) is 15.4. The molecule has 2 unspecified atom stereocenters. The van der Waals surface area contributed by atoms with Gasteiger partial charge in [-0.2, -0.15) is 5.26 Å². The maximum absolute atomic E-state index is 14.0. The average Bonchev–Trinajstić information content (AvgIpc) is 2.59. The van der Waals surface area contributed by atoms with Gasteiger partial charge in [-0.1, -0.05) is 19.9 Å². The van der Waals surface area contributed by atoms with Gasteiger partial charge in [0.1, 0.15) is 5.82 Å². The molecule has 0 aliphatic heterocycles. The van der Waals surface area contributed by atoms with Crippen molar-refractivity contribution >= 4 is 29.9 Å². The summed E-state index contributed by atoms with van der Waals surface area (Å²) in [5.74, 6) is 0.247. The normalized spacial score (nSPS) is 24.0. The second kappa shape index (κ2) is 9.00. The van der Waals surface area contributed by atoms with Crippen LogP contribution < -0.4 is 10.6 Å². The lowest BCUT2D eigenvalue weighted by Crippen LogP contribution is -2.69. The summed E-state index contributed by atoms with van der Waals surface area (Å²) in [4.78, 5) is 4.49. The number of benzene rings is 1. The van der Waals surface area contributed by atoms with Crippen molar-refractivity contribution in [2.24, 2.45) is 10.4 Å². The van der Waals surface area contributed by atoms with Crippen LogP contribution in [0.15, 0.2) is 23.2 Å². The first-order chi connectivity index (χ1) is 11.8. The average molecular weight is 474 g/mol. The van der Waals surface area contributed by atoms with Crippen LogP contribution in [0, 0.1) is 22.6 Å². The van der Waals surface area contributed by atoms with E-state index in [-0.39, 0.29) is 47.6 Å². The molecule has 0 aromatic heterocycles. The summed E-state index contributed by atoms with van der Waals surface area (Å²) in [6.45, 7) is 9.37. The quantitative estimate of drug-likeness (QED) is 0.389. The van der Waals surface area contributed by atoms with Crippen LogP contribution in [0.1, 0.15) is 45.2 Å². The van der Waals surface area contributed by atoms with E-state index < -0.39 is 5.82 Å². The molecule has 1 aromatic carbocycles. The van der Waals surface area contributed by atoms with Crippen molar-refractivity contribution in [1.82, 2.24) is 10.6 Å². The van der Waals surface area contributed by atoms with Gasteiger partial charge in [0.25, 0.3) is 0 Å². The molecule has 1 aliphatic rings. The number of aliphatic imine (C=N–C) groups is 1. The summed E-state index contributed by atoms with van der Waals surface area (Å²) in [5.41, 5.74) is 0.565. The largest absolute Gasteiger partial charge is 0.378 e. The van der Waals surface area contributed by atoms with Gasteiger partial charge in [-0.3, -0.25) is 0 Å². The van der Waals surface area contributed by atoms with Crippen LogP contribution in [0.5, 0.6) is 0 Å². The van der Waals surface area contributed by atoms with Gasteiger partial charge in [0, 0.05) is 30.7 Å². The lowest BCUT2D eigenvalue weighted by Gasteiger charge is -2.59. The van der Waals surface area contributed by atoms with Gasteiger partial charge in [0.15, 0.2) is 5.96 Å². The van der Waals surface area contributed by atoms with Crippen molar-refractivity contribution in [3.05, 3.63) is 35.1 Å². The SMILES string of the molecule is CCNC(=NCc1ccc(C#N)cc1F)NC1CC(C)(OC)C1(C)C.I. The Morgan fingerprint density at radius 1 is 1.42 bits per heavy atom. The van der Waals surface area contributed by atoms with Gasteiger partial charge in [-0.05, 0) is 32.4 Å². The first-order valence-electron chi connectivity index (χ1n) is 8.56. The number of halogens is 2. The van der Waals surface area contributed by atoms with Crippen LogP contribution in [0.4, 0.5) is 4.39 Å². The van der Waals surface area contributed by atoms with Crippen LogP contribution >= 0.6 is 24.0 Å². The van der Waals surface area contributed by atoms with Gasteiger partial charge in [0.2, 0.25) is 0 Å². The molecule has 1 fully saturated rings. The number of nitriles is 1. The fourth-order valence-corrected chi connectivity index (χ4v) is 3.12. The fraction of sp³-hybridized carbons (Fsp3) is 0.579. The maximum Gasteiger partial charge on any atom is 0.191 e. The standard InChI is InChI=1S/C19H27FN4O.HI/c1-6-22-17(24-16-10-19(4,25-5)18(16,2)3)23-12-14-8-7-13(11-21)9-15(14)20;/h7-9,16H,6,10,12H2,1-5H3,(H2,22,23,24);1H. The molecule has 0 radical (unpaired) electrons. The summed E-state index contributed by atoms with van der Waals surface area (Å²) in [6, 6.07) is 6.61. The van der Waals surface area contributed by atoms with Gasteiger partial charge in [-0.15, -0.1) is 24.0 Å². The Kier molecular flexibility index (Phi) is 7.84. The lowest BCUT2D eigenvalue weighted by atomic mass is 9.56. The molecule has 1 saturated carbocycles. The van der Waals surface area contributed by atoms with E-state index in [4.69, 9.17) is 10.00 Å². The Hall–Kier alpha value is -1.40. The highest BCUT2D eigenvalue weighted by Gasteiger charge is 2.58. The zero-order chi connectivity index (χ0) is 18.7. The summed E-state index contributed by atoms with van der Waals surface area (Å²) in [7, 11) is 1.74. The number of nitrogens with zero attached hydrogens (tertiary/aromatic N) is 2. The predicted molar refractivity (Wildman–Crippen MR) is 112 cm³/mol. The minimum absolute atomic E-state index is 0. The van der Waals surface area contributed by atoms with Crippen LogP contribution in [-0.2, 0) is 11.3 Å². The predicted octanol–water partition coefficient (Wildman–Crippen LogP) is 3.57. The van der Waals surface area contributed by atoms with Crippen LogP contribution in [0.25, 0.3) is 0 Å². The van der Waals surface area contributed by atoms with Crippen LogP contribution in [0.2, 0.25) is 0 Å². The number of hydrogen-bond donors (Lipinski definition) is 2.